The molecule has 1 N–H and O–H groups in total. The smallest absolute Gasteiger partial charge is 0.146 e. The lowest BCUT2D eigenvalue weighted by molar-refractivity contribution is 0.832. The molecule has 0 aliphatic heterocycles. The van der Waals surface area contributed by atoms with E-state index in [-0.39, 0.29) is 0 Å². The van der Waals surface area contributed by atoms with Crippen molar-refractivity contribution in [3.05, 3.63) is 90.1 Å². The Bertz CT molecular complexity index is 783. The van der Waals surface area contributed by atoms with Crippen molar-refractivity contribution >= 4 is 17.7 Å². The molecule has 3 rings (SSSR count). The molecule has 0 saturated carbocycles. The SMILES string of the molecule is CCN(Cc1ccccc1)c1ccc(/C=N/Nc2ccccn2)cc1. The average Bonchev–Trinajstić information content (AvgIpc) is 2.68. The van der Waals surface area contributed by atoms with Crippen LogP contribution in [-0.4, -0.2) is 17.7 Å². The molecular formula is C21H22N4. The summed E-state index contributed by atoms with van der Waals surface area (Å²) < 4.78 is 0. The first-order valence-electron chi connectivity index (χ1n) is 8.44. The number of hydrogen-bond acceptors (Lipinski definition) is 4. The molecule has 0 atom stereocenters. The first-order valence-corrected chi connectivity index (χ1v) is 8.44. The van der Waals surface area contributed by atoms with Gasteiger partial charge < -0.3 is 4.90 Å². The molecule has 0 aliphatic rings. The fraction of sp³-hybridized carbons (Fsp3) is 0.143. The van der Waals surface area contributed by atoms with Gasteiger partial charge >= 0.3 is 0 Å². The Morgan fingerprint density at radius 2 is 1.72 bits per heavy atom. The Labute approximate surface area is 148 Å². The molecule has 0 unspecified atom stereocenters. The molecule has 1 heterocycles. The van der Waals surface area contributed by atoms with Gasteiger partial charge in [0.2, 0.25) is 0 Å². The van der Waals surface area contributed by atoms with Gasteiger partial charge in [0.1, 0.15) is 5.82 Å². The summed E-state index contributed by atoms with van der Waals surface area (Å²) in [6, 6.07) is 24.6. The van der Waals surface area contributed by atoms with E-state index in [9.17, 15) is 0 Å². The number of hydrazone groups is 1. The first kappa shape index (κ1) is 16.7. The van der Waals surface area contributed by atoms with E-state index in [1.807, 2.05) is 24.3 Å². The number of aromatic nitrogens is 1. The highest BCUT2D eigenvalue weighted by molar-refractivity contribution is 5.80. The fourth-order valence-electron chi connectivity index (χ4n) is 2.56. The van der Waals surface area contributed by atoms with Gasteiger partial charge in [0.05, 0.1) is 6.21 Å². The number of nitrogens with one attached hydrogen (secondary N) is 1. The molecule has 1 aromatic heterocycles. The Morgan fingerprint density at radius 3 is 2.40 bits per heavy atom. The Kier molecular flexibility index (Phi) is 5.77. The summed E-state index contributed by atoms with van der Waals surface area (Å²) in [4.78, 5) is 6.52. The highest BCUT2D eigenvalue weighted by Crippen LogP contribution is 2.17. The van der Waals surface area contributed by atoms with Gasteiger partial charge in [-0.25, -0.2) is 4.98 Å². The molecular weight excluding hydrogens is 308 g/mol. The molecule has 0 fully saturated rings. The molecule has 4 nitrogen and oxygen atoms in total. The second-order valence-electron chi connectivity index (χ2n) is 5.68. The Hall–Kier alpha value is -3.14. The summed E-state index contributed by atoms with van der Waals surface area (Å²) in [5.74, 6) is 0.732. The van der Waals surface area contributed by atoms with Crippen LogP contribution in [0.4, 0.5) is 11.5 Å². The number of hydrogen-bond donors (Lipinski definition) is 1. The van der Waals surface area contributed by atoms with E-state index in [1.54, 1.807) is 12.4 Å². The van der Waals surface area contributed by atoms with Crippen LogP contribution in [0.25, 0.3) is 0 Å². The molecule has 25 heavy (non-hydrogen) atoms. The van der Waals surface area contributed by atoms with Crippen LogP contribution in [0.15, 0.2) is 84.1 Å². The topological polar surface area (TPSA) is 40.5 Å². The standard InChI is InChI=1S/C21H22N4/c1-2-25(17-19-8-4-3-5-9-19)20-13-11-18(12-14-20)16-23-24-21-10-6-7-15-22-21/h3-16H,2,17H2,1H3,(H,22,24)/b23-16+. The maximum atomic E-state index is 4.22. The number of pyridine rings is 1. The van der Waals surface area contributed by atoms with Gasteiger partial charge in [0.25, 0.3) is 0 Å². The minimum Gasteiger partial charge on any atom is -0.367 e. The molecule has 0 saturated heterocycles. The maximum Gasteiger partial charge on any atom is 0.146 e. The Balaban J connectivity index is 1.62. The third-order valence-corrected chi connectivity index (χ3v) is 3.91. The van der Waals surface area contributed by atoms with Crippen molar-refractivity contribution in [1.29, 1.82) is 0 Å². The van der Waals surface area contributed by atoms with Gasteiger partial charge in [-0.15, -0.1) is 0 Å². The first-order chi connectivity index (χ1) is 12.3. The van der Waals surface area contributed by atoms with Crippen LogP contribution in [0, 0.1) is 0 Å². The molecule has 0 amide bonds. The third kappa shape index (κ3) is 4.91. The molecule has 2 aromatic carbocycles. The van der Waals surface area contributed by atoms with Crippen LogP contribution in [0.1, 0.15) is 18.1 Å². The zero-order valence-electron chi connectivity index (χ0n) is 14.3. The summed E-state index contributed by atoms with van der Waals surface area (Å²) in [5, 5.41) is 4.22. The van der Waals surface area contributed by atoms with Crippen molar-refractivity contribution in [3.8, 4) is 0 Å². The lowest BCUT2D eigenvalue weighted by Crippen LogP contribution is -2.21. The second-order valence-corrected chi connectivity index (χ2v) is 5.68. The van der Waals surface area contributed by atoms with Crippen LogP contribution in [0.2, 0.25) is 0 Å². The second kappa shape index (κ2) is 8.64. The summed E-state index contributed by atoms with van der Waals surface area (Å²) in [6.45, 7) is 4.05. The van der Waals surface area contributed by atoms with Crippen molar-refractivity contribution in [1.82, 2.24) is 4.98 Å². The fourth-order valence-corrected chi connectivity index (χ4v) is 2.56. The lowest BCUT2D eigenvalue weighted by atomic mass is 10.1. The van der Waals surface area contributed by atoms with E-state index in [4.69, 9.17) is 0 Å². The number of rotatable bonds is 7. The van der Waals surface area contributed by atoms with E-state index >= 15 is 0 Å². The van der Waals surface area contributed by atoms with Crippen LogP contribution in [-0.2, 0) is 6.54 Å². The lowest BCUT2D eigenvalue weighted by Gasteiger charge is -2.23. The van der Waals surface area contributed by atoms with Crippen molar-refractivity contribution in [2.24, 2.45) is 5.10 Å². The highest BCUT2D eigenvalue weighted by atomic mass is 15.3. The zero-order valence-corrected chi connectivity index (χ0v) is 14.3. The minimum absolute atomic E-state index is 0.732. The molecule has 3 aromatic rings. The van der Waals surface area contributed by atoms with Gasteiger partial charge in [-0.2, -0.15) is 5.10 Å². The van der Waals surface area contributed by atoms with E-state index in [0.29, 0.717) is 0 Å². The minimum atomic E-state index is 0.732. The largest absolute Gasteiger partial charge is 0.367 e. The monoisotopic (exact) mass is 330 g/mol. The van der Waals surface area contributed by atoms with Crippen molar-refractivity contribution in [3.63, 3.8) is 0 Å². The molecule has 0 spiro atoms. The van der Waals surface area contributed by atoms with E-state index in [1.165, 1.54) is 11.3 Å². The Morgan fingerprint density at radius 1 is 0.960 bits per heavy atom. The normalized spacial score (nSPS) is 10.8. The summed E-state index contributed by atoms with van der Waals surface area (Å²) in [6.07, 6.45) is 3.53. The molecule has 4 heteroatoms. The molecule has 0 bridgehead atoms. The highest BCUT2D eigenvalue weighted by Gasteiger charge is 2.04. The number of nitrogens with zero attached hydrogens (tertiary/aromatic N) is 3. The summed E-state index contributed by atoms with van der Waals surface area (Å²) in [5.41, 5.74) is 6.49. The maximum absolute atomic E-state index is 4.22. The van der Waals surface area contributed by atoms with E-state index < -0.39 is 0 Å². The van der Waals surface area contributed by atoms with Gasteiger partial charge in [-0.3, -0.25) is 5.43 Å². The molecule has 0 radical (unpaired) electrons. The van der Waals surface area contributed by atoms with Crippen LogP contribution in [0.5, 0.6) is 0 Å². The predicted octanol–water partition coefficient (Wildman–Crippen LogP) is 4.55. The van der Waals surface area contributed by atoms with Gasteiger partial charge in [-0.1, -0.05) is 48.5 Å². The zero-order chi connectivity index (χ0) is 17.3. The molecule has 0 aliphatic carbocycles. The number of benzene rings is 2. The summed E-state index contributed by atoms with van der Waals surface area (Å²) >= 11 is 0. The average molecular weight is 330 g/mol. The molecule has 126 valence electrons. The van der Waals surface area contributed by atoms with Crippen molar-refractivity contribution < 1.29 is 0 Å². The van der Waals surface area contributed by atoms with Crippen LogP contribution in [0.3, 0.4) is 0 Å². The summed E-state index contributed by atoms with van der Waals surface area (Å²) in [7, 11) is 0. The quantitative estimate of drug-likeness (QED) is 0.510. The van der Waals surface area contributed by atoms with Gasteiger partial charge in [-0.05, 0) is 42.3 Å². The van der Waals surface area contributed by atoms with Crippen molar-refractivity contribution in [2.45, 2.75) is 13.5 Å². The van der Waals surface area contributed by atoms with E-state index in [0.717, 1.165) is 24.5 Å². The number of anilines is 2. The van der Waals surface area contributed by atoms with Gasteiger partial charge in [0, 0.05) is 25.0 Å². The van der Waals surface area contributed by atoms with Crippen molar-refractivity contribution in [2.75, 3.05) is 16.9 Å². The third-order valence-electron chi connectivity index (χ3n) is 3.91. The van der Waals surface area contributed by atoms with Crippen LogP contribution >= 0.6 is 0 Å². The van der Waals surface area contributed by atoms with E-state index in [2.05, 4.69) is 75.9 Å². The predicted molar refractivity (Wildman–Crippen MR) is 105 cm³/mol. The van der Waals surface area contributed by atoms with Crippen LogP contribution < -0.4 is 10.3 Å². The van der Waals surface area contributed by atoms with Gasteiger partial charge in [0.15, 0.2) is 0 Å².